The fourth-order valence-electron chi connectivity index (χ4n) is 2.64. The zero-order valence-corrected chi connectivity index (χ0v) is 14.9. The number of primary amides is 1. The Hall–Kier alpha value is -2.92. The molecule has 0 aliphatic heterocycles. The van der Waals surface area contributed by atoms with E-state index in [-0.39, 0.29) is 11.5 Å². The lowest BCUT2D eigenvalue weighted by molar-refractivity contribution is -0.115. The van der Waals surface area contributed by atoms with Gasteiger partial charge in [0, 0.05) is 21.9 Å². The lowest BCUT2D eigenvalue weighted by Gasteiger charge is -2.14. The van der Waals surface area contributed by atoms with Crippen LogP contribution in [0.15, 0.2) is 78.9 Å². The predicted octanol–water partition coefficient (Wildman–Crippen LogP) is 3.88. The Labute approximate surface area is 155 Å². The van der Waals surface area contributed by atoms with Gasteiger partial charge in [0.2, 0.25) is 5.91 Å². The monoisotopic (exact) mass is 365 g/mol. The molecule has 0 saturated carbocycles. The highest BCUT2D eigenvalue weighted by molar-refractivity contribution is 7.84. The van der Waals surface area contributed by atoms with Crippen LogP contribution in [-0.2, 0) is 21.3 Å². The lowest BCUT2D eigenvalue weighted by atomic mass is 10.0. The fraction of sp³-hybridized carbons (Fsp3) is 0.0952. The van der Waals surface area contributed by atoms with Crippen molar-refractivity contribution < 1.29 is 13.7 Å². The second-order valence-electron chi connectivity index (χ2n) is 5.77. The number of hydrogen-bond acceptors (Lipinski definition) is 3. The highest BCUT2D eigenvalue weighted by Gasteiger charge is 2.12. The van der Waals surface area contributed by atoms with Crippen LogP contribution in [0.3, 0.4) is 0 Å². The summed E-state index contributed by atoms with van der Waals surface area (Å²) in [6.45, 7) is 0. The van der Waals surface area contributed by atoms with E-state index >= 15 is 0 Å². The maximum absolute atomic E-state index is 12.1. The van der Waals surface area contributed by atoms with E-state index in [1.54, 1.807) is 0 Å². The summed E-state index contributed by atoms with van der Waals surface area (Å²) in [5.41, 5.74) is 7.93. The van der Waals surface area contributed by atoms with E-state index < -0.39 is 16.7 Å². The van der Waals surface area contributed by atoms with Gasteiger partial charge in [0.1, 0.15) is 17.3 Å². The molecular formula is C21H19NO3S. The number of nitrogens with two attached hydrogens (primary N) is 1. The van der Waals surface area contributed by atoms with Crippen LogP contribution in [0.25, 0.3) is 11.1 Å². The molecule has 0 heterocycles. The van der Waals surface area contributed by atoms with Gasteiger partial charge >= 0.3 is 0 Å². The van der Waals surface area contributed by atoms with Crippen LogP contribution in [0, 0.1) is 0 Å². The van der Waals surface area contributed by atoms with E-state index in [9.17, 15) is 9.00 Å². The SMILES string of the molecule is NC(=O)CS(=O)Cc1ccccc1Oc1ccccc1-c1ccccc1. The third-order valence-electron chi connectivity index (χ3n) is 3.78. The van der Waals surface area contributed by atoms with Crippen molar-refractivity contribution in [1.82, 2.24) is 0 Å². The first-order chi connectivity index (χ1) is 12.6. The topological polar surface area (TPSA) is 69.4 Å². The number of ether oxygens (including phenoxy) is 1. The minimum atomic E-state index is -1.37. The van der Waals surface area contributed by atoms with Gasteiger partial charge in [-0.2, -0.15) is 0 Å². The Bertz CT molecular complexity index is 925. The molecule has 0 aliphatic rings. The predicted molar refractivity (Wildman–Crippen MR) is 104 cm³/mol. The van der Waals surface area contributed by atoms with Crippen LogP contribution in [0.1, 0.15) is 5.56 Å². The molecule has 3 aromatic carbocycles. The van der Waals surface area contributed by atoms with Crippen LogP contribution in [-0.4, -0.2) is 15.9 Å². The van der Waals surface area contributed by atoms with E-state index in [1.165, 1.54) is 0 Å². The lowest BCUT2D eigenvalue weighted by Crippen LogP contribution is -2.20. The molecule has 0 spiro atoms. The molecule has 26 heavy (non-hydrogen) atoms. The largest absolute Gasteiger partial charge is 0.456 e. The van der Waals surface area contributed by atoms with Crippen molar-refractivity contribution in [1.29, 1.82) is 0 Å². The van der Waals surface area contributed by atoms with Crippen LogP contribution in [0.4, 0.5) is 0 Å². The maximum Gasteiger partial charge on any atom is 0.230 e. The second-order valence-corrected chi connectivity index (χ2v) is 7.22. The van der Waals surface area contributed by atoms with Gasteiger partial charge in [-0.3, -0.25) is 9.00 Å². The number of carbonyl (C=O) groups is 1. The zero-order chi connectivity index (χ0) is 18.4. The molecule has 2 N–H and O–H groups in total. The van der Waals surface area contributed by atoms with E-state index in [1.807, 2.05) is 78.9 Å². The molecule has 5 heteroatoms. The summed E-state index contributed by atoms with van der Waals surface area (Å²) in [6, 6.07) is 25.1. The number of hydrogen-bond donors (Lipinski definition) is 1. The molecule has 1 unspecified atom stereocenters. The molecule has 3 aromatic rings. The minimum absolute atomic E-state index is 0.158. The molecule has 1 atom stereocenters. The normalized spacial score (nSPS) is 11.7. The van der Waals surface area contributed by atoms with Crippen molar-refractivity contribution >= 4 is 16.7 Å². The number of rotatable bonds is 7. The van der Waals surface area contributed by atoms with E-state index in [0.717, 1.165) is 16.7 Å². The molecule has 132 valence electrons. The van der Waals surface area contributed by atoms with Crippen LogP contribution < -0.4 is 10.5 Å². The summed E-state index contributed by atoms with van der Waals surface area (Å²) >= 11 is 0. The summed E-state index contributed by atoms with van der Waals surface area (Å²) in [4.78, 5) is 11.0. The highest BCUT2D eigenvalue weighted by Crippen LogP contribution is 2.34. The van der Waals surface area contributed by atoms with Crippen molar-refractivity contribution in [2.75, 3.05) is 5.75 Å². The van der Waals surface area contributed by atoms with Gasteiger partial charge in [-0.15, -0.1) is 0 Å². The van der Waals surface area contributed by atoms with E-state index in [4.69, 9.17) is 10.5 Å². The number of para-hydroxylation sites is 2. The van der Waals surface area contributed by atoms with Gasteiger partial charge in [-0.05, 0) is 17.7 Å². The van der Waals surface area contributed by atoms with E-state index in [0.29, 0.717) is 11.5 Å². The molecule has 0 bridgehead atoms. The summed E-state index contributed by atoms with van der Waals surface area (Å²) in [5.74, 6) is 0.818. The molecule has 3 rings (SSSR count). The minimum Gasteiger partial charge on any atom is -0.456 e. The molecule has 0 radical (unpaired) electrons. The van der Waals surface area contributed by atoms with Gasteiger partial charge in [0.15, 0.2) is 0 Å². The Kier molecular flexibility index (Phi) is 5.81. The Morgan fingerprint density at radius 2 is 1.46 bits per heavy atom. The number of amides is 1. The smallest absolute Gasteiger partial charge is 0.230 e. The number of carbonyl (C=O) groups excluding carboxylic acids is 1. The third-order valence-corrected chi connectivity index (χ3v) is 5.02. The summed E-state index contributed by atoms with van der Waals surface area (Å²) < 4.78 is 18.2. The molecule has 0 aromatic heterocycles. The Morgan fingerprint density at radius 3 is 2.19 bits per heavy atom. The summed E-state index contributed by atoms with van der Waals surface area (Å²) in [6.07, 6.45) is 0. The van der Waals surface area contributed by atoms with Crippen molar-refractivity contribution in [2.24, 2.45) is 5.73 Å². The molecule has 0 saturated heterocycles. The van der Waals surface area contributed by atoms with E-state index in [2.05, 4.69) is 0 Å². The third kappa shape index (κ3) is 4.58. The van der Waals surface area contributed by atoms with Crippen molar-refractivity contribution in [3.05, 3.63) is 84.4 Å². The van der Waals surface area contributed by atoms with Crippen molar-refractivity contribution in [3.63, 3.8) is 0 Å². The van der Waals surface area contributed by atoms with Gasteiger partial charge in [0.25, 0.3) is 0 Å². The Morgan fingerprint density at radius 1 is 0.846 bits per heavy atom. The fourth-order valence-corrected chi connectivity index (χ4v) is 3.64. The molecular weight excluding hydrogens is 346 g/mol. The van der Waals surface area contributed by atoms with Crippen molar-refractivity contribution in [2.45, 2.75) is 5.75 Å². The average Bonchev–Trinajstić information content (AvgIpc) is 2.64. The summed E-state index contributed by atoms with van der Waals surface area (Å²) in [7, 11) is -1.37. The zero-order valence-electron chi connectivity index (χ0n) is 14.1. The van der Waals surface area contributed by atoms with Gasteiger partial charge < -0.3 is 10.5 Å². The quantitative estimate of drug-likeness (QED) is 0.691. The van der Waals surface area contributed by atoms with Crippen LogP contribution in [0.2, 0.25) is 0 Å². The molecule has 0 fully saturated rings. The first kappa shape index (κ1) is 17.9. The highest BCUT2D eigenvalue weighted by atomic mass is 32.2. The molecule has 4 nitrogen and oxygen atoms in total. The van der Waals surface area contributed by atoms with Crippen LogP contribution >= 0.6 is 0 Å². The first-order valence-corrected chi connectivity index (χ1v) is 9.66. The van der Waals surface area contributed by atoms with Crippen LogP contribution in [0.5, 0.6) is 11.5 Å². The summed E-state index contributed by atoms with van der Waals surface area (Å²) in [5, 5.41) is 0. The van der Waals surface area contributed by atoms with Gasteiger partial charge in [-0.1, -0.05) is 66.7 Å². The Balaban J connectivity index is 1.89. The van der Waals surface area contributed by atoms with Gasteiger partial charge in [-0.25, -0.2) is 0 Å². The molecule has 0 aliphatic carbocycles. The average molecular weight is 365 g/mol. The van der Waals surface area contributed by atoms with Crippen molar-refractivity contribution in [3.8, 4) is 22.6 Å². The first-order valence-electron chi connectivity index (χ1n) is 8.17. The molecule has 1 amide bonds. The number of benzene rings is 3. The van der Waals surface area contributed by atoms with Gasteiger partial charge in [0.05, 0.1) is 5.75 Å². The maximum atomic E-state index is 12.1. The standard InChI is InChI=1S/C21H19NO3S/c22-21(23)15-26(24)14-17-10-4-6-12-19(17)25-20-13-7-5-11-18(20)16-8-2-1-3-9-16/h1-13H,14-15H2,(H2,22,23). The second kappa shape index (κ2) is 8.45.